The molecular formula is C24H25FN6O. The van der Waals surface area contributed by atoms with Crippen LogP contribution >= 0.6 is 0 Å². The van der Waals surface area contributed by atoms with Gasteiger partial charge in [0.25, 0.3) is 0 Å². The first-order valence-corrected chi connectivity index (χ1v) is 10.8. The van der Waals surface area contributed by atoms with Crippen LogP contribution in [0.2, 0.25) is 0 Å². The van der Waals surface area contributed by atoms with Crippen LogP contribution in [0.25, 0.3) is 17.0 Å². The Morgan fingerprint density at radius 2 is 1.75 bits per heavy atom. The van der Waals surface area contributed by atoms with Crippen LogP contribution in [0, 0.1) is 5.82 Å². The molecule has 164 valence electrons. The highest BCUT2D eigenvalue weighted by atomic mass is 19.1. The summed E-state index contributed by atoms with van der Waals surface area (Å²) in [6.45, 7) is 4.65. The summed E-state index contributed by atoms with van der Waals surface area (Å²) in [6.07, 6.45) is 1.04. The number of rotatable bonds is 5. The molecule has 4 aromatic rings. The summed E-state index contributed by atoms with van der Waals surface area (Å²) in [5.41, 5.74) is 2.27. The second-order valence-electron chi connectivity index (χ2n) is 7.93. The first-order chi connectivity index (χ1) is 15.7. The molecule has 5 rings (SSSR count). The van der Waals surface area contributed by atoms with E-state index in [0.717, 1.165) is 50.7 Å². The normalized spacial score (nSPS) is 15.1. The second kappa shape index (κ2) is 8.92. The Kier molecular flexibility index (Phi) is 5.68. The van der Waals surface area contributed by atoms with Crippen LogP contribution < -0.4 is 9.64 Å². The molecule has 0 spiro atoms. The van der Waals surface area contributed by atoms with Crippen LogP contribution in [0.5, 0.6) is 5.75 Å². The Morgan fingerprint density at radius 3 is 2.56 bits per heavy atom. The standard InChI is InChI=1S/C24H25FN6O/c1-32-19-9-7-18(8-10-19)17-29-13-4-14-30(16-15-29)23-12-11-22-26-27-24(31(22)28-23)20-5-2-3-6-21(20)25/h2-3,5-12H,4,13-17H2,1H3. The number of fused-ring (bicyclic) bond motifs is 1. The number of benzene rings is 2. The van der Waals surface area contributed by atoms with E-state index in [4.69, 9.17) is 9.84 Å². The van der Waals surface area contributed by atoms with Crippen LogP contribution in [0.15, 0.2) is 60.7 Å². The van der Waals surface area contributed by atoms with Gasteiger partial charge in [-0.2, -0.15) is 4.52 Å². The van der Waals surface area contributed by atoms with Gasteiger partial charge >= 0.3 is 0 Å². The highest BCUT2D eigenvalue weighted by Gasteiger charge is 2.19. The molecule has 32 heavy (non-hydrogen) atoms. The molecule has 0 bridgehead atoms. The maximum absolute atomic E-state index is 14.3. The average molecular weight is 433 g/mol. The van der Waals surface area contributed by atoms with Crippen LogP contribution in [-0.2, 0) is 6.54 Å². The highest BCUT2D eigenvalue weighted by Crippen LogP contribution is 2.23. The van der Waals surface area contributed by atoms with Crippen molar-refractivity contribution in [3.63, 3.8) is 0 Å². The third-order valence-electron chi connectivity index (χ3n) is 5.84. The van der Waals surface area contributed by atoms with Crippen molar-refractivity contribution in [2.24, 2.45) is 0 Å². The van der Waals surface area contributed by atoms with Gasteiger partial charge in [-0.1, -0.05) is 24.3 Å². The predicted molar refractivity (Wildman–Crippen MR) is 121 cm³/mol. The number of methoxy groups -OCH3 is 1. The second-order valence-corrected chi connectivity index (χ2v) is 7.93. The Balaban J connectivity index is 1.33. The quantitative estimate of drug-likeness (QED) is 0.480. The van der Waals surface area contributed by atoms with E-state index in [-0.39, 0.29) is 5.82 Å². The molecule has 1 aliphatic heterocycles. The minimum absolute atomic E-state index is 0.335. The van der Waals surface area contributed by atoms with Crippen molar-refractivity contribution in [1.29, 1.82) is 0 Å². The lowest BCUT2D eigenvalue weighted by atomic mass is 10.2. The number of ether oxygens (including phenoxy) is 1. The van der Waals surface area contributed by atoms with Gasteiger partial charge in [-0.15, -0.1) is 15.3 Å². The molecule has 2 aromatic carbocycles. The summed E-state index contributed by atoms with van der Waals surface area (Å²) >= 11 is 0. The van der Waals surface area contributed by atoms with Gasteiger partial charge < -0.3 is 9.64 Å². The van der Waals surface area contributed by atoms with Crippen molar-refractivity contribution in [1.82, 2.24) is 24.7 Å². The molecule has 1 saturated heterocycles. The van der Waals surface area contributed by atoms with Crippen LogP contribution in [0.1, 0.15) is 12.0 Å². The smallest absolute Gasteiger partial charge is 0.188 e. The number of anilines is 1. The number of halogens is 1. The molecule has 0 saturated carbocycles. The van der Waals surface area contributed by atoms with Crippen molar-refractivity contribution in [3.05, 3.63) is 72.0 Å². The van der Waals surface area contributed by atoms with Crippen molar-refractivity contribution in [3.8, 4) is 17.1 Å². The van der Waals surface area contributed by atoms with Crippen LogP contribution in [0.3, 0.4) is 0 Å². The number of aromatic nitrogens is 4. The van der Waals surface area contributed by atoms with Gasteiger partial charge in [-0.25, -0.2) is 4.39 Å². The number of hydrogen-bond donors (Lipinski definition) is 0. The number of nitrogens with zero attached hydrogens (tertiary/aromatic N) is 6. The molecule has 0 amide bonds. The lowest BCUT2D eigenvalue weighted by Crippen LogP contribution is -2.31. The zero-order valence-electron chi connectivity index (χ0n) is 18.0. The minimum atomic E-state index is -0.335. The Labute approximate surface area is 186 Å². The van der Waals surface area contributed by atoms with Crippen molar-refractivity contribution in [2.75, 3.05) is 38.2 Å². The fourth-order valence-electron chi connectivity index (χ4n) is 4.11. The van der Waals surface area contributed by atoms with Crippen LogP contribution in [-0.4, -0.2) is 58.0 Å². The van der Waals surface area contributed by atoms with E-state index in [9.17, 15) is 4.39 Å². The van der Waals surface area contributed by atoms with E-state index >= 15 is 0 Å². The molecule has 0 atom stereocenters. The van der Waals surface area contributed by atoms with E-state index in [2.05, 4.69) is 32.1 Å². The lowest BCUT2D eigenvalue weighted by Gasteiger charge is -2.22. The Morgan fingerprint density at radius 1 is 0.906 bits per heavy atom. The van der Waals surface area contributed by atoms with Gasteiger partial charge in [-0.3, -0.25) is 4.90 Å². The monoisotopic (exact) mass is 432 g/mol. The van der Waals surface area contributed by atoms with E-state index in [0.29, 0.717) is 17.0 Å². The van der Waals surface area contributed by atoms with Gasteiger partial charge in [-0.05, 0) is 48.4 Å². The summed E-state index contributed by atoms with van der Waals surface area (Å²) in [4.78, 5) is 4.74. The van der Waals surface area contributed by atoms with Crippen molar-refractivity contribution >= 4 is 11.5 Å². The first kappa shape index (κ1) is 20.4. The van der Waals surface area contributed by atoms with Crippen LogP contribution in [0.4, 0.5) is 10.2 Å². The largest absolute Gasteiger partial charge is 0.497 e. The van der Waals surface area contributed by atoms with Gasteiger partial charge in [0.15, 0.2) is 11.5 Å². The molecule has 0 aliphatic carbocycles. The van der Waals surface area contributed by atoms with E-state index in [1.807, 2.05) is 24.3 Å². The van der Waals surface area contributed by atoms with Crippen molar-refractivity contribution in [2.45, 2.75) is 13.0 Å². The van der Waals surface area contributed by atoms with E-state index in [1.165, 1.54) is 11.6 Å². The van der Waals surface area contributed by atoms with Crippen molar-refractivity contribution < 1.29 is 9.13 Å². The third-order valence-corrected chi connectivity index (χ3v) is 5.84. The summed E-state index contributed by atoms with van der Waals surface area (Å²) in [6, 6.07) is 18.7. The van der Waals surface area contributed by atoms with E-state index in [1.54, 1.807) is 29.8 Å². The maximum atomic E-state index is 14.3. The minimum Gasteiger partial charge on any atom is -0.497 e. The summed E-state index contributed by atoms with van der Waals surface area (Å²) < 4.78 is 21.2. The average Bonchev–Trinajstić information content (AvgIpc) is 3.10. The molecule has 8 heteroatoms. The molecular weight excluding hydrogens is 407 g/mol. The number of hydrogen-bond acceptors (Lipinski definition) is 6. The van der Waals surface area contributed by atoms with Gasteiger partial charge in [0, 0.05) is 32.7 Å². The first-order valence-electron chi connectivity index (χ1n) is 10.8. The molecule has 1 aliphatic rings. The molecule has 7 nitrogen and oxygen atoms in total. The van der Waals surface area contributed by atoms with Gasteiger partial charge in [0.2, 0.25) is 0 Å². The summed E-state index contributed by atoms with van der Waals surface area (Å²) in [7, 11) is 1.68. The molecule has 0 unspecified atom stereocenters. The van der Waals surface area contributed by atoms with Gasteiger partial charge in [0.1, 0.15) is 17.4 Å². The summed E-state index contributed by atoms with van der Waals surface area (Å²) in [5.74, 6) is 1.80. The molecule has 3 heterocycles. The zero-order chi connectivity index (χ0) is 21.9. The Bertz CT molecular complexity index is 1210. The summed E-state index contributed by atoms with van der Waals surface area (Å²) in [5, 5.41) is 13.1. The van der Waals surface area contributed by atoms with Gasteiger partial charge in [0.05, 0.1) is 12.7 Å². The topological polar surface area (TPSA) is 58.8 Å². The SMILES string of the molecule is COc1ccc(CN2CCCN(c3ccc4nnc(-c5ccccc5F)n4n3)CC2)cc1. The fraction of sp³-hybridized carbons (Fsp3) is 0.292. The maximum Gasteiger partial charge on any atom is 0.188 e. The fourth-order valence-corrected chi connectivity index (χ4v) is 4.11. The van der Waals surface area contributed by atoms with E-state index < -0.39 is 0 Å². The molecule has 1 fully saturated rings. The molecule has 0 radical (unpaired) electrons. The molecule has 0 N–H and O–H groups in total. The third kappa shape index (κ3) is 4.13. The molecule has 2 aromatic heterocycles. The Hall–Kier alpha value is -3.52. The zero-order valence-corrected chi connectivity index (χ0v) is 18.0. The lowest BCUT2D eigenvalue weighted by molar-refractivity contribution is 0.285. The predicted octanol–water partition coefficient (Wildman–Crippen LogP) is 3.65. The highest BCUT2D eigenvalue weighted by molar-refractivity contribution is 5.60.